The van der Waals surface area contributed by atoms with Crippen LogP contribution in [0.25, 0.3) is 10.9 Å². The number of carboxylic acids is 1. The second kappa shape index (κ2) is 3.60. The Kier molecular flexibility index (Phi) is 2.16. The second-order valence-electron chi connectivity index (χ2n) is 4.59. The minimum Gasteiger partial charge on any atom is -0.480 e. The fourth-order valence-corrected chi connectivity index (χ4v) is 2.08. The van der Waals surface area contributed by atoms with Gasteiger partial charge in [0, 0.05) is 17.1 Å². The molecule has 1 amide bonds. The number of nitrogens with one attached hydrogen (secondary N) is 2. The van der Waals surface area contributed by atoms with Crippen LogP contribution in [0.2, 0.25) is 0 Å². The summed E-state index contributed by atoms with van der Waals surface area (Å²) >= 11 is 0. The molecule has 1 heterocycles. The number of carbonyl (C=O) groups is 2. The number of hydrogen-bond donors (Lipinski definition) is 3. The average Bonchev–Trinajstić information content (AvgIpc) is 3.09. The maximum absolute atomic E-state index is 12.0. The Labute approximate surface area is 103 Å². The smallest absolute Gasteiger partial charge is 0.319 e. The highest BCUT2D eigenvalue weighted by Crippen LogP contribution is 2.47. The van der Waals surface area contributed by atoms with Gasteiger partial charge < -0.3 is 15.4 Å². The number of benzene rings is 1. The third-order valence-corrected chi connectivity index (χ3v) is 3.43. The van der Waals surface area contributed by atoms with Crippen LogP contribution >= 0.6 is 0 Å². The van der Waals surface area contributed by atoms with Crippen LogP contribution in [-0.4, -0.2) is 22.0 Å². The molecular formula is C13H12N2O3. The summed E-state index contributed by atoms with van der Waals surface area (Å²) < 4.78 is 0. The molecule has 2 aromatic rings. The van der Waals surface area contributed by atoms with Gasteiger partial charge in [0.15, 0.2) is 0 Å². The van der Waals surface area contributed by atoms with E-state index in [0.717, 1.165) is 10.9 Å². The minimum absolute atomic E-state index is 0.413. The highest BCUT2D eigenvalue weighted by atomic mass is 16.4. The van der Waals surface area contributed by atoms with E-state index in [-0.39, 0.29) is 0 Å². The van der Waals surface area contributed by atoms with Gasteiger partial charge in [-0.15, -0.1) is 0 Å². The summed E-state index contributed by atoms with van der Waals surface area (Å²) in [5.41, 5.74) is 0.328. The van der Waals surface area contributed by atoms with E-state index in [1.165, 1.54) is 0 Å². The first kappa shape index (κ1) is 10.8. The molecule has 1 fully saturated rings. The second-order valence-corrected chi connectivity index (χ2v) is 4.59. The van der Waals surface area contributed by atoms with Crippen LogP contribution in [0.3, 0.4) is 0 Å². The predicted octanol–water partition coefficient (Wildman–Crippen LogP) is 1.97. The molecule has 0 radical (unpaired) electrons. The molecule has 0 spiro atoms. The predicted molar refractivity (Wildman–Crippen MR) is 66.2 cm³/mol. The summed E-state index contributed by atoms with van der Waals surface area (Å²) in [4.78, 5) is 26.1. The van der Waals surface area contributed by atoms with Crippen molar-refractivity contribution in [3.8, 4) is 0 Å². The van der Waals surface area contributed by atoms with Crippen molar-refractivity contribution in [2.45, 2.75) is 12.8 Å². The van der Waals surface area contributed by atoms with Crippen LogP contribution in [0.1, 0.15) is 12.8 Å². The number of anilines is 1. The van der Waals surface area contributed by atoms with Crippen LogP contribution in [0, 0.1) is 5.41 Å². The van der Waals surface area contributed by atoms with Crippen LogP contribution in [0.15, 0.2) is 30.5 Å². The van der Waals surface area contributed by atoms with Gasteiger partial charge in [-0.05, 0) is 18.9 Å². The number of H-pyrrole nitrogens is 1. The number of para-hydroxylation sites is 1. The topological polar surface area (TPSA) is 82.2 Å². The van der Waals surface area contributed by atoms with E-state index >= 15 is 0 Å². The largest absolute Gasteiger partial charge is 0.480 e. The minimum atomic E-state index is -1.21. The van der Waals surface area contributed by atoms with Crippen LogP contribution in [0.4, 0.5) is 5.69 Å². The van der Waals surface area contributed by atoms with Gasteiger partial charge in [0.05, 0.1) is 5.69 Å². The molecule has 3 N–H and O–H groups in total. The van der Waals surface area contributed by atoms with Crippen molar-refractivity contribution < 1.29 is 14.7 Å². The Bertz CT molecular complexity index is 640. The molecule has 1 aromatic carbocycles. The number of hydrogen-bond acceptors (Lipinski definition) is 2. The van der Waals surface area contributed by atoms with Crippen LogP contribution < -0.4 is 5.32 Å². The Hall–Kier alpha value is -2.30. The van der Waals surface area contributed by atoms with Gasteiger partial charge in [0.2, 0.25) is 5.91 Å². The van der Waals surface area contributed by atoms with E-state index in [0.29, 0.717) is 18.5 Å². The van der Waals surface area contributed by atoms with Gasteiger partial charge in [0.25, 0.3) is 0 Å². The maximum Gasteiger partial charge on any atom is 0.319 e. The molecule has 0 atom stereocenters. The molecule has 5 heteroatoms. The first-order valence-corrected chi connectivity index (χ1v) is 5.74. The van der Waals surface area contributed by atoms with E-state index in [4.69, 9.17) is 5.11 Å². The van der Waals surface area contributed by atoms with Gasteiger partial charge in [-0.25, -0.2) is 0 Å². The van der Waals surface area contributed by atoms with Crippen molar-refractivity contribution in [1.82, 2.24) is 4.98 Å². The van der Waals surface area contributed by atoms with Gasteiger partial charge in [0.1, 0.15) is 5.41 Å². The normalized spacial score (nSPS) is 16.4. The van der Waals surface area contributed by atoms with Crippen molar-refractivity contribution >= 4 is 28.5 Å². The van der Waals surface area contributed by atoms with Crippen molar-refractivity contribution in [1.29, 1.82) is 0 Å². The van der Waals surface area contributed by atoms with Crippen molar-refractivity contribution in [2.75, 3.05) is 5.32 Å². The number of aromatic amines is 1. The SMILES string of the molecule is O=C(O)C1(C(=O)Nc2c[nH]c3ccccc23)CC1. The zero-order valence-corrected chi connectivity index (χ0v) is 9.56. The van der Waals surface area contributed by atoms with E-state index < -0.39 is 17.3 Å². The lowest BCUT2D eigenvalue weighted by Crippen LogP contribution is -2.31. The number of rotatable bonds is 3. The summed E-state index contributed by atoms with van der Waals surface area (Å²) in [6, 6.07) is 7.54. The molecule has 1 aliphatic rings. The van der Waals surface area contributed by atoms with Crippen molar-refractivity contribution in [3.63, 3.8) is 0 Å². The lowest BCUT2D eigenvalue weighted by molar-refractivity contribution is -0.147. The standard InChI is InChI=1S/C13H12N2O3/c16-11(13(5-6-13)12(17)18)15-10-7-14-9-4-2-1-3-8(9)10/h1-4,7,14H,5-6H2,(H,15,16)(H,17,18). The van der Waals surface area contributed by atoms with E-state index in [2.05, 4.69) is 10.3 Å². The maximum atomic E-state index is 12.0. The molecule has 18 heavy (non-hydrogen) atoms. The van der Waals surface area contributed by atoms with Crippen molar-refractivity contribution in [3.05, 3.63) is 30.5 Å². The highest BCUT2D eigenvalue weighted by molar-refractivity contribution is 6.13. The fourth-order valence-electron chi connectivity index (χ4n) is 2.08. The fraction of sp³-hybridized carbons (Fsp3) is 0.231. The molecular weight excluding hydrogens is 232 g/mol. The Morgan fingerprint density at radius 2 is 2.00 bits per heavy atom. The molecule has 5 nitrogen and oxygen atoms in total. The number of fused-ring (bicyclic) bond motifs is 1. The lowest BCUT2D eigenvalue weighted by Gasteiger charge is -2.09. The summed E-state index contributed by atoms with van der Waals surface area (Å²) in [5.74, 6) is -1.47. The Morgan fingerprint density at radius 3 is 2.67 bits per heavy atom. The zero-order chi connectivity index (χ0) is 12.8. The summed E-state index contributed by atoms with van der Waals surface area (Å²) in [6.07, 6.45) is 2.51. The zero-order valence-electron chi connectivity index (χ0n) is 9.56. The molecule has 3 rings (SSSR count). The molecule has 0 saturated heterocycles. The summed E-state index contributed by atoms with van der Waals surface area (Å²) in [5, 5.41) is 12.6. The summed E-state index contributed by atoms with van der Waals surface area (Å²) in [7, 11) is 0. The lowest BCUT2D eigenvalue weighted by atomic mass is 10.1. The molecule has 1 saturated carbocycles. The quantitative estimate of drug-likeness (QED) is 0.722. The molecule has 0 unspecified atom stereocenters. The Morgan fingerprint density at radius 1 is 1.28 bits per heavy atom. The number of amides is 1. The molecule has 1 aromatic heterocycles. The van der Waals surface area contributed by atoms with Crippen LogP contribution in [0.5, 0.6) is 0 Å². The van der Waals surface area contributed by atoms with Gasteiger partial charge in [-0.3, -0.25) is 9.59 Å². The van der Waals surface area contributed by atoms with Crippen LogP contribution in [-0.2, 0) is 9.59 Å². The third kappa shape index (κ3) is 1.48. The molecule has 92 valence electrons. The number of aromatic nitrogens is 1. The van der Waals surface area contributed by atoms with E-state index in [1.54, 1.807) is 6.20 Å². The summed E-state index contributed by atoms with van der Waals surface area (Å²) in [6.45, 7) is 0. The first-order chi connectivity index (χ1) is 8.63. The van der Waals surface area contributed by atoms with Gasteiger partial charge in [-0.1, -0.05) is 18.2 Å². The number of carbonyl (C=O) groups excluding carboxylic acids is 1. The van der Waals surface area contributed by atoms with Gasteiger partial charge in [-0.2, -0.15) is 0 Å². The molecule has 0 bridgehead atoms. The number of carboxylic acid groups (broad SMARTS) is 1. The van der Waals surface area contributed by atoms with E-state index in [1.807, 2.05) is 24.3 Å². The Balaban J connectivity index is 1.89. The van der Waals surface area contributed by atoms with Gasteiger partial charge >= 0.3 is 5.97 Å². The first-order valence-electron chi connectivity index (χ1n) is 5.74. The monoisotopic (exact) mass is 244 g/mol. The molecule has 1 aliphatic carbocycles. The average molecular weight is 244 g/mol. The van der Waals surface area contributed by atoms with Crippen molar-refractivity contribution in [2.24, 2.45) is 5.41 Å². The third-order valence-electron chi connectivity index (χ3n) is 3.43. The highest BCUT2D eigenvalue weighted by Gasteiger charge is 2.57. The number of aliphatic carboxylic acids is 1. The molecule has 0 aliphatic heterocycles. The van der Waals surface area contributed by atoms with E-state index in [9.17, 15) is 9.59 Å².